The first kappa shape index (κ1) is 20.6. The Kier molecular flexibility index (Phi) is 4.96. The van der Waals surface area contributed by atoms with Gasteiger partial charge in [-0.2, -0.15) is 10.2 Å². The second-order valence-corrected chi connectivity index (χ2v) is 8.91. The van der Waals surface area contributed by atoms with Gasteiger partial charge in [0.25, 0.3) is 5.56 Å². The van der Waals surface area contributed by atoms with Crippen molar-refractivity contribution >= 4 is 17.1 Å². The van der Waals surface area contributed by atoms with Crippen LogP contribution in [0, 0.1) is 5.92 Å². The molecule has 12 nitrogen and oxygen atoms in total. The van der Waals surface area contributed by atoms with Crippen molar-refractivity contribution in [1.82, 2.24) is 44.6 Å². The fraction of sp³-hybridized carbons (Fsp3) is 0.600. The van der Waals surface area contributed by atoms with Crippen molar-refractivity contribution < 1.29 is 0 Å². The second kappa shape index (κ2) is 7.69. The SMILES string of the molecule is CC(C)=CCn1c(N2CCC3CNCC32)nc2c1c(=O)n(C(C)c1nn[nH]n1)c(=O)n2C. The molecule has 0 aromatic carbocycles. The predicted molar refractivity (Wildman–Crippen MR) is 119 cm³/mol. The Morgan fingerprint density at radius 1 is 1.28 bits per heavy atom. The van der Waals surface area contributed by atoms with Gasteiger partial charge in [-0.3, -0.25) is 9.36 Å². The molecule has 3 aromatic heterocycles. The average molecular weight is 441 g/mol. The summed E-state index contributed by atoms with van der Waals surface area (Å²) in [6, 6.07) is -0.329. The maximum Gasteiger partial charge on any atom is 0.333 e. The number of tetrazole rings is 1. The first-order valence-corrected chi connectivity index (χ1v) is 10.9. The molecule has 2 saturated heterocycles. The number of anilines is 1. The first-order chi connectivity index (χ1) is 15.4. The van der Waals surface area contributed by atoms with Crippen LogP contribution in [0.4, 0.5) is 5.95 Å². The number of allylic oxidation sites excluding steroid dienone is 2. The summed E-state index contributed by atoms with van der Waals surface area (Å²) in [5, 5.41) is 17.4. The minimum Gasteiger partial charge on any atom is -0.338 e. The van der Waals surface area contributed by atoms with Gasteiger partial charge in [0.15, 0.2) is 17.0 Å². The summed E-state index contributed by atoms with van der Waals surface area (Å²) in [5.41, 5.74) is 1.08. The molecule has 32 heavy (non-hydrogen) atoms. The topological polar surface area (TPSA) is 132 Å². The minimum absolute atomic E-state index is 0.276. The van der Waals surface area contributed by atoms with Crippen LogP contribution in [-0.2, 0) is 13.6 Å². The van der Waals surface area contributed by atoms with Crippen molar-refractivity contribution in [3.8, 4) is 0 Å². The Balaban J connectivity index is 1.75. The van der Waals surface area contributed by atoms with Gasteiger partial charge in [-0.15, -0.1) is 10.2 Å². The third kappa shape index (κ3) is 3.08. The lowest BCUT2D eigenvalue weighted by molar-refractivity contribution is 0.533. The molecule has 0 bridgehead atoms. The number of hydrogen-bond acceptors (Lipinski definition) is 8. The molecule has 170 valence electrons. The molecule has 3 atom stereocenters. The smallest absolute Gasteiger partial charge is 0.333 e. The largest absolute Gasteiger partial charge is 0.338 e. The van der Waals surface area contributed by atoms with E-state index in [-0.39, 0.29) is 5.82 Å². The van der Waals surface area contributed by atoms with E-state index in [1.807, 2.05) is 18.4 Å². The molecule has 0 aliphatic carbocycles. The number of imidazole rings is 1. The van der Waals surface area contributed by atoms with Crippen LogP contribution in [0.5, 0.6) is 0 Å². The fourth-order valence-corrected chi connectivity index (χ4v) is 4.89. The van der Waals surface area contributed by atoms with Gasteiger partial charge in [-0.25, -0.2) is 9.36 Å². The first-order valence-electron chi connectivity index (χ1n) is 10.9. The van der Waals surface area contributed by atoms with E-state index < -0.39 is 17.3 Å². The number of hydrogen-bond donors (Lipinski definition) is 2. The van der Waals surface area contributed by atoms with Gasteiger partial charge < -0.3 is 14.8 Å². The van der Waals surface area contributed by atoms with Crippen LogP contribution in [-0.4, -0.2) is 65.0 Å². The van der Waals surface area contributed by atoms with Crippen LogP contribution in [0.25, 0.3) is 11.2 Å². The fourth-order valence-electron chi connectivity index (χ4n) is 4.89. The van der Waals surface area contributed by atoms with Crippen molar-refractivity contribution in [2.24, 2.45) is 13.0 Å². The Bertz CT molecular complexity index is 1290. The van der Waals surface area contributed by atoms with Crippen LogP contribution in [0.3, 0.4) is 0 Å². The molecule has 3 aromatic rings. The molecule has 0 radical (unpaired) electrons. The molecule has 0 spiro atoms. The summed E-state index contributed by atoms with van der Waals surface area (Å²) in [6.45, 7) is 9.05. The van der Waals surface area contributed by atoms with E-state index >= 15 is 0 Å². The van der Waals surface area contributed by atoms with Gasteiger partial charge in [-0.1, -0.05) is 16.9 Å². The van der Waals surface area contributed by atoms with E-state index in [9.17, 15) is 9.59 Å². The molecule has 2 aliphatic heterocycles. The number of nitrogens with one attached hydrogen (secondary N) is 2. The highest BCUT2D eigenvalue weighted by atomic mass is 16.2. The monoisotopic (exact) mass is 440 g/mol. The number of rotatable bonds is 5. The van der Waals surface area contributed by atoms with E-state index in [1.54, 1.807) is 14.0 Å². The normalized spacial score (nSPS) is 21.3. The van der Waals surface area contributed by atoms with Crippen LogP contribution in [0.2, 0.25) is 0 Å². The highest BCUT2D eigenvalue weighted by Crippen LogP contribution is 2.33. The Hall–Kier alpha value is -3.28. The van der Waals surface area contributed by atoms with Gasteiger partial charge >= 0.3 is 5.69 Å². The Morgan fingerprint density at radius 3 is 2.81 bits per heavy atom. The van der Waals surface area contributed by atoms with Crippen molar-refractivity contribution in [2.75, 3.05) is 24.5 Å². The standard InChI is InChI=1S/C20H28N10O2/c1-11(2)5-7-29-15-17(22-19(29)28-8-6-13-9-21-10-14(13)28)27(4)20(32)30(18(15)31)12(3)16-23-25-26-24-16/h5,12-14,21H,6-10H2,1-4H3,(H,23,24,25,26). The Labute approximate surface area is 183 Å². The summed E-state index contributed by atoms with van der Waals surface area (Å²) in [7, 11) is 1.65. The number of aromatic nitrogens is 8. The number of aromatic amines is 1. The van der Waals surface area contributed by atoms with E-state index in [2.05, 4.69) is 36.9 Å². The van der Waals surface area contributed by atoms with Crippen LogP contribution in [0.1, 0.15) is 39.1 Å². The second-order valence-electron chi connectivity index (χ2n) is 8.91. The summed E-state index contributed by atoms with van der Waals surface area (Å²) >= 11 is 0. The number of H-pyrrole nitrogens is 1. The summed E-state index contributed by atoms with van der Waals surface area (Å²) in [4.78, 5) is 34.0. The lowest BCUT2D eigenvalue weighted by atomic mass is 10.1. The summed E-state index contributed by atoms with van der Waals surface area (Å²) in [5.74, 6) is 1.59. The number of nitrogens with zero attached hydrogens (tertiary/aromatic N) is 8. The van der Waals surface area contributed by atoms with Crippen molar-refractivity contribution in [3.05, 3.63) is 38.3 Å². The lowest BCUT2D eigenvalue weighted by Gasteiger charge is -2.25. The van der Waals surface area contributed by atoms with Crippen LogP contribution < -0.4 is 21.5 Å². The zero-order chi connectivity index (χ0) is 22.6. The molecule has 2 fully saturated rings. The van der Waals surface area contributed by atoms with Gasteiger partial charge in [-0.05, 0) is 33.1 Å². The molecule has 2 aliphatic rings. The minimum atomic E-state index is -0.671. The molecule has 12 heteroatoms. The van der Waals surface area contributed by atoms with E-state index in [0.29, 0.717) is 29.7 Å². The number of fused-ring (bicyclic) bond motifs is 2. The third-order valence-electron chi connectivity index (χ3n) is 6.67. The molecule has 2 N–H and O–H groups in total. The van der Waals surface area contributed by atoms with Gasteiger partial charge in [0.1, 0.15) is 6.04 Å². The predicted octanol–water partition coefficient (Wildman–Crippen LogP) is -0.217. The van der Waals surface area contributed by atoms with Crippen LogP contribution >= 0.6 is 0 Å². The maximum absolute atomic E-state index is 13.7. The van der Waals surface area contributed by atoms with Gasteiger partial charge in [0, 0.05) is 39.3 Å². The van der Waals surface area contributed by atoms with Crippen molar-refractivity contribution in [3.63, 3.8) is 0 Å². The van der Waals surface area contributed by atoms with Gasteiger partial charge in [0.05, 0.1) is 0 Å². The van der Waals surface area contributed by atoms with E-state index in [1.165, 1.54) is 9.13 Å². The van der Waals surface area contributed by atoms with E-state index in [0.717, 1.165) is 37.6 Å². The molecule has 0 amide bonds. The molecule has 5 rings (SSSR count). The quantitative estimate of drug-likeness (QED) is 0.521. The van der Waals surface area contributed by atoms with E-state index in [4.69, 9.17) is 4.98 Å². The molecular weight excluding hydrogens is 412 g/mol. The lowest BCUT2D eigenvalue weighted by Crippen LogP contribution is -2.42. The maximum atomic E-state index is 13.7. The van der Waals surface area contributed by atoms with Crippen molar-refractivity contribution in [2.45, 2.75) is 45.8 Å². The summed E-state index contributed by atoms with van der Waals surface area (Å²) < 4.78 is 4.57. The highest BCUT2D eigenvalue weighted by molar-refractivity contribution is 5.75. The molecule has 0 saturated carbocycles. The molecule has 5 heterocycles. The van der Waals surface area contributed by atoms with Crippen molar-refractivity contribution in [1.29, 1.82) is 0 Å². The zero-order valence-corrected chi connectivity index (χ0v) is 18.7. The van der Waals surface area contributed by atoms with Gasteiger partial charge in [0.2, 0.25) is 5.95 Å². The Morgan fingerprint density at radius 2 is 2.09 bits per heavy atom. The highest BCUT2D eigenvalue weighted by Gasteiger charge is 2.40. The zero-order valence-electron chi connectivity index (χ0n) is 18.7. The third-order valence-corrected chi connectivity index (χ3v) is 6.67. The van der Waals surface area contributed by atoms with Crippen LogP contribution in [0.15, 0.2) is 21.2 Å². The number of aryl methyl sites for hydroxylation is 1. The molecular formula is C20H28N10O2. The average Bonchev–Trinajstić information content (AvgIpc) is 3.54. The molecule has 3 unspecified atom stereocenters. The summed E-state index contributed by atoms with van der Waals surface area (Å²) in [6.07, 6.45) is 3.16.